The molecule has 0 saturated heterocycles. The minimum absolute atomic E-state index is 0.00563. The van der Waals surface area contributed by atoms with Crippen LogP contribution in [0, 0.1) is 11.2 Å². The first-order chi connectivity index (χ1) is 10.5. The molecule has 0 bridgehead atoms. The summed E-state index contributed by atoms with van der Waals surface area (Å²) in [4.78, 5) is 19.4. The highest BCUT2D eigenvalue weighted by atomic mass is 32.2. The molecule has 22 heavy (non-hydrogen) atoms. The lowest BCUT2D eigenvalue weighted by Gasteiger charge is -2.03. The molecular formula is C15H13FN4OS. The number of nitrogens with two attached hydrogens (primary N) is 1. The zero-order chi connectivity index (χ0) is 15.9. The Kier molecular flexibility index (Phi) is 5.37. The number of amidine groups is 1. The van der Waals surface area contributed by atoms with Gasteiger partial charge in [-0.1, -0.05) is 12.1 Å². The number of aromatic nitrogens is 1. The van der Waals surface area contributed by atoms with Crippen LogP contribution >= 0.6 is 11.8 Å². The highest BCUT2D eigenvalue weighted by Gasteiger charge is 2.08. The van der Waals surface area contributed by atoms with Gasteiger partial charge in [-0.25, -0.2) is 4.39 Å². The fourth-order valence-electron chi connectivity index (χ4n) is 1.63. The molecule has 0 radical (unpaired) electrons. The van der Waals surface area contributed by atoms with Crippen molar-refractivity contribution < 1.29 is 9.18 Å². The summed E-state index contributed by atoms with van der Waals surface area (Å²) in [7, 11) is 0. The van der Waals surface area contributed by atoms with E-state index in [1.807, 2.05) is 0 Å². The molecule has 1 aromatic carbocycles. The molecule has 0 aliphatic rings. The number of amides is 1. The first-order valence-electron chi connectivity index (χ1n) is 6.33. The van der Waals surface area contributed by atoms with Crippen molar-refractivity contribution in [2.75, 3.05) is 0 Å². The third-order valence-electron chi connectivity index (χ3n) is 2.65. The van der Waals surface area contributed by atoms with Gasteiger partial charge in [-0.15, -0.1) is 0 Å². The predicted molar refractivity (Wildman–Crippen MR) is 85.4 cm³/mol. The summed E-state index contributed by atoms with van der Waals surface area (Å²) >= 11 is 0.896. The standard InChI is InChI=1S/C15H13FN4OS/c16-12-3-1-10(2-4-12)9-13(21)20-15(18)22-14(17)11-5-7-19-8-6-11/h1-8,17H,9H2,(H2,18,20,21). The van der Waals surface area contributed by atoms with Crippen molar-refractivity contribution in [1.29, 1.82) is 5.41 Å². The van der Waals surface area contributed by atoms with Gasteiger partial charge < -0.3 is 5.73 Å². The number of benzene rings is 1. The van der Waals surface area contributed by atoms with E-state index in [0.29, 0.717) is 11.1 Å². The first kappa shape index (κ1) is 15.8. The first-order valence-corrected chi connectivity index (χ1v) is 7.14. The lowest BCUT2D eigenvalue weighted by atomic mass is 10.1. The van der Waals surface area contributed by atoms with Crippen molar-refractivity contribution in [1.82, 2.24) is 4.98 Å². The molecule has 112 valence electrons. The van der Waals surface area contributed by atoms with E-state index in [9.17, 15) is 9.18 Å². The van der Waals surface area contributed by atoms with Gasteiger partial charge in [-0.2, -0.15) is 4.99 Å². The van der Waals surface area contributed by atoms with Crippen LogP contribution in [0.15, 0.2) is 53.8 Å². The molecule has 0 fully saturated rings. The molecular weight excluding hydrogens is 303 g/mol. The summed E-state index contributed by atoms with van der Waals surface area (Å²) in [6.07, 6.45) is 3.17. The topological polar surface area (TPSA) is 92.2 Å². The number of nitrogens with one attached hydrogen (secondary N) is 1. The molecule has 2 aromatic rings. The van der Waals surface area contributed by atoms with Crippen LogP contribution in [0.2, 0.25) is 0 Å². The fourth-order valence-corrected chi connectivity index (χ4v) is 2.24. The van der Waals surface area contributed by atoms with E-state index < -0.39 is 5.91 Å². The monoisotopic (exact) mass is 316 g/mol. The summed E-state index contributed by atoms with van der Waals surface area (Å²) in [6, 6.07) is 8.94. The Morgan fingerprint density at radius 2 is 1.86 bits per heavy atom. The smallest absolute Gasteiger partial charge is 0.252 e. The van der Waals surface area contributed by atoms with Crippen LogP contribution in [0.3, 0.4) is 0 Å². The molecule has 0 saturated carbocycles. The molecule has 0 unspecified atom stereocenters. The van der Waals surface area contributed by atoms with E-state index in [2.05, 4.69) is 9.98 Å². The molecule has 0 aliphatic carbocycles. The number of pyridine rings is 1. The van der Waals surface area contributed by atoms with E-state index in [1.165, 1.54) is 24.3 Å². The van der Waals surface area contributed by atoms with Gasteiger partial charge in [0.15, 0.2) is 5.17 Å². The van der Waals surface area contributed by atoms with E-state index >= 15 is 0 Å². The zero-order valence-corrected chi connectivity index (χ0v) is 12.3. The van der Waals surface area contributed by atoms with Crippen molar-refractivity contribution >= 4 is 27.9 Å². The quantitative estimate of drug-likeness (QED) is 0.671. The van der Waals surface area contributed by atoms with Crippen molar-refractivity contribution in [3.8, 4) is 0 Å². The minimum atomic E-state index is -0.445. The van der Waals surface area contributed by atoms with E-state index in [-0.39, 0.29) is 22.4 Å². The summed E-state index contributed by atoms with van der Waals surface area (Å²) in [5.41, 5.74) is 6.96. The predicted octanol–water partition coefficient (Wildman–Crippen LogP) is 2.36. The van der Waals surface area contributed by atoms with Crippen molar-refractivity contribution in [2.24, 2.45) is 10.7 Å². The second kappa shape index (κ2) is 7.46. The zero-order valence-electron chi connectivity index (χ0n) is 11.5. The molecule has 3 N–H and O–H groups in total. The lowest BCUT2D eigenvalue weighted by Crippen LogP contribution is -2.14. The Morgan fingerprint density at radius 1 is 1.23 bits per heavy atom. The van der Waals surface area contributed by atoms with Gasteiger partial charge in [-0.05, 0) is 41.6 Å². The van der Waals surface area contributed by atoms with Gasteiger partial charge in [-0.3, -0.25) is 15.2 Å². The number of halogens is 1. The van der Waals surface area contributed by atoms with Crippen LogP contribution < -0.4 is 5.73 Å². The van der Waals surface area contributed by atoms with Gasteiger partial charge in [0.25, 0.3) is 5.91 Å². The minimum Gasteiger partial charge on any atom is -0.378 e. The Hall–Kier alpha value is -2.54. The molecule has 0 spiro atoms. The van der Waals surface area contributed by atoms with Gasteiger partial charge in [0.1, 0.15) is 10.9 Å². The summed E-state index contributed by atoms with van der Waals surface area (Å²) in [5, 5.41) is 8.04. The number of aliphatic imine (C=N–C) groups is 1. The highest BCUT2D eigenvalue weighted by molar-refractivity contribution is 8.26. The molecule has 0 atom stereocenters. The number of hydrogen-bond acceptors (Lipinski definition) is 4. The van der Waals surface area contributed by atoms with Gasteiger partial charge >= 0.3 is 0 Å². The summed E-state index contributed by atoms with van der Waals surface area (Å²) in [5.74, 6) is -0.806. The Balaban J connectivity index is 1.95. The lowest BCUT2D eigenvalue weighted by molar-refractivity contribution is -0.117. The van der Waals surface area contributed by atoms with Crippen molar-refractivity contribution in [2.45, 2.75) is 6.42 Å². The highest BCUT2D eigenvalue weighted by Crippen LogP contribution is 2.12. The second-order valence-corrected chi connectivity index (χ2v) is 5.34. The van der Waals surface area contributed by atoms with Crippen LogP contribution in [-0.2, 0) is 11.2 Å². The molecule has 1 amide bonds. The Bertz CT molecular complexity index is 701. The van der Waals surface area contributed by atoms with Crippen molar-refractivity contribution in [3.63, 3.8) is 0 Å². The number of nitrogens with zero attached hydrogens (tertiary/aromatic N) is 2. The number of carbonyl (C=O) groups excluding carboxylic acids is 1. The van der Waals surface area contributed by atoms with Gasteiger partial charge in [0.2, 0.25) is 0 Å². The maximum absolute atomic E-state index is 12.8. The average Bonchev–Trinajstić information content (AvgIpc) is 2.50. The van der Waals surface area contributed by atoms with Gasteiger partial charge in [0, 0.05) is 18.0 Å². The maximum Gasteiger partial charge on any atom is 0.252 e. The van der Waals surface area contributed by atoms with Gasteiger partial charge in [0.05, 0.1) is 6.42 Å². The molecule has 2 rings (SSSR count). The molecule has 5 nitrogen and oxygen atoms in total. The fraction of sp³-hybridized carbons (Fsp3) is 0.0667. The number of rotatable bonds is 3. The van der Waals surface area contributed by atoms with Crippen LogP contribution in [0.25, 0.3) is 0 Å². The van der Waals surface area contributed by atoms with E-state index in [4.69, 9.17) is 11.1 Å². The van der Waals surface area contributed by atoms with Crippen LogP contribution in [0.5, 0.6) is 0 Å². The maximum atomic E-state index is 12.8. The number of carbonyl (C=O) groups is 1. The van der Waals surface area contributed by atoms with E-state index in [1.54, 1.807) is 24.5 Å². The third kappa shape index (κ3) is 4.78. The second-order valence-electron chi connectivity index (χ2n) is 4.31. The third-order valence-corrected chi connectivity index (χ3v) is 3.39. The van der Waals surface area contributed by atoms with E-state index in [0.717, 1.165) is 11.8 Å². The molecule has 0 aliphatic heterocycles. The largest absolute Gasteiger partial charge is 0.378 e. The average molecular weight is 316 g/mol. The number of hydrogen-bond donors (Lipinski definition) is 2. The molecule has 1 aromatic heterocycles. The van der Waals surface area contributed by atoms with Crippen LogP contribution in [0.4, 0.5) is 4.39 Å². The number of thioether (sulfide) groups is 1. The van der Waals surface area contributed by atoms with Crippen LogP contribution in [0.1, 0.15) is 11.1 Å². The SMILES string of the molecule is N=C(SC(N)=NC(=O)Cc1ccc(F)cc1)c1ccncc1. The van der Waals surface area contributed by atoms with Crippen LogP contribution in [-0.4, -0.2) is 21.1 Å². The summed E-state index contributed by atoms with van der Waals surface area (Å²) in [6.45, 7) is 0. The molecule has 7 heteroatoms. The van der Waals surface area contributed by atoms with Crippen molar-refractivity contribution in [3.05, 3.63) is 65.7 Å². The summed E-state index contributed by atoms with van der Waals surface area (Å²) < 4.78 is 12.8. The Labute approximate surface area is 131 Å². The Morgan fingerprint density at radius 3 is 2.50 bits per heavy atom. The normalized spacial score (nSPS) is 11.2. The molecule has 1 heterocycles.